The van der Waals surface area contributed by atoms with Crippen LogP contribution in [0, 0.1) is 0 Å². The van der Waals surface area contributed by atoms with Gasteiger partial charge in [0.05, 0.1) is 0 Å². The lowest BCUT2D eigenvalue weighted by Crippen LogP contribution is -2.41. The van der Waals surface area contributed by atoms with Crippen molar-refractivity contribution in [2.24, 2.45) is 0 Å². The Morgan fingerprint density at radius 1 is 1.40 bits per heavy atom. The van der Waals surface area contributed by atoms with Crippen LogP contribution < -0.4 is 0 Å². The number of nitrogens with zero attached hydrogens (tertiary/aromatic N) is 2. The molecule has 0 saturated carbocycles. The SMILES string of the molecule is CC1CC(=O)CCN1CCCCN(C)C. The Kier molecular flexibility index (Phi) is 5.26. The van der Waals surface area contributed by atoms with Crippen molar-refractivity contribution < 1.29 is 4.79 Å². The molecule has 3 nitrogen and oxygen atoms in total. The summed E-state index contributed by atoms with van der Waals surface area (Å²) in [6.07, 6.45) is 4.02. The second-order valence-corrected chi connectivity index (χ2v) is 4.89. The maximum atomic E-state index is 11.2. The van der Waals surface area contributed by atoms with Gasteiger partial charge in [-0.15, -0.1) is 0 Å². The van der Waals surface area contributed by atoms with Gasteiger partial charge in [0.1, 0.15) is 5.78 Å². The molecular formula is C12H24N2O. The summed E-state index contributed by atoms with van der Waals surface area (Å²) in [4.78, 5) is 15.9. The lowest BCUT2D eigenvalue weighted by Gasteiger charge is -2.32. The second-order valence-electron chi connectivity index (χ2n) is 4.89. The van der Waals surface area contributed by atoms with E-state index in [1.165, 1.54) is 19.4 Å². The predicted octanol–water partition coefficient (Wildman–Crippen LogP) is 1.38. The molecule has 3 heteroatoms. The summed E-state index contributed by atoms with van der Waals surface area (Å²) in [5.74, 6) is 0.437. The lowest BCUT2D eigenvalue weighted by atomic mass is 10.0. The number of rotatable bonds is 5. The van der Waals surface area contributed by atoms with Gasteiger partial charge in [0, 0.05) is 25.4 Å². The smallest absolute Gasteiger partial charge is 0.135 e. The van der Waals surface area contributed by atoms with Gasteiger partial charge in [-0.2, -0.15) is 0 Å². The van der Waals surface area contributed by atoms with Crippen LogP contribution in [0.3, 0.4) is 0 Å². The maximum Gasteiger partial charge on any atom is 0.135 e. The first-order valence-corrected chi connectivity index (χ1v) is 6.00. The van der Waals surface area contributed by atoms with Crippen molar-refractivity contribution in [3.63, 3.8) is 0 Å². The fourth-order valence-electron chi connectivity index (χ4n) is 2.12. The van der Waals surface area contributed by atoms with E-state index in [0.717, 1.165) is 25.9 Å². The van der Waals surface area contributed by atoms with Crippen LogP contribution in [0.4, 0.5) is 0 Å². The molecule has 0 radical (unpaired) electrons. The van der Waals surface area contributed by atoms with Crippen molar-refractivity contribution >= 4 is 5.78 Å². The molecule has 0 bridgehead atoms. The molecule has 1 aliphatic rings. The van der Waals surface area contributed by atoms with Gasteiger partial charge in [-0.3, -0.25) is 9.69 Å². The van der Waals surface area contributed by atoms with Crippen LogP contribution in [0.1, 0.15) is 32.6 Å². The molecule has 1 aliphatic heterocycles. The normalized spacial score (nSPS) is 23.7. The van der Waals surface area contributed by atoms with Gasteiger partial charge in [-0.25, -0.2) is 0 Å². The lowest BCUT2D eigenvalue weighted by molar-refractivity contribution is -0.122. The number of carbonyl (C=O) groups is 1. The van der Waals surface area contributed by atoms with Crippen molar-refractivity contribution in [3.05, 3.63) is 0 Å². The van der Waals surface area contributed by atoms with Crippen LogP contribution in [0.5, 0.6) is 0 Å². The third-order valence-corrected chi connectivity index (χ3v) is 3.12. The molecule has 0 amide bonds. The first kappa shape index (κ1) is 12.7. The van der Waals surface area contributed by atoms with Gasteiger partial charge in [-0.05, 0) is 47.0 Å². The van der Waals surface area contributed by atoms with E-state index in [0.29, 0.717) is 11.8 Å². The standard InChI is InChI=1S/C12H24N2O/c1-11-10-12(15)6-9-14(11)8-5-4-7-13(2)3/h11H,4-10H2,1-3H3. The monoisotopic (exact) mass is 212 g/mol. The van der Waals surface area contributed by atoms with Crippen LogP contribution in [0.2, 0.25) is 0 Å². The number of likely N-dealkylation sites (tertiary alicyclic amines) is 1. The Labute approximate surface area is 93.4 Å². The zero-order chi connectivity index (χ0) is 11.3. The minimum atomic E-state index is 0.437. The molecule has 1 rings (SSSR count). The third-order valence-electron chi connectivity index (χ3n) is 3.12. The fourth-order valence-corrected chi connectivity index (χ4v) is 2.12. The number of Topliss-reactive ketones (excluding diaryl/α,β-unsaturated/α-hetero) is 1. The summed E-state index contributed by atoms with van der Waals surface area (Å²) in [6, 6.07) is 0.464. The molecule has 0 N–H and O–H groups in total. The van der Waals surface area contributed by atoms with Crippen LogP contribution in [0.25, 0.3) is 0 Å². The molecular weight excluding hydrogens is 188 g/mol. The molecule has 1 saturated heterocycles. The number of piperidine rings is 1. The topological polar surface area (TPSA) is 23.6 Å². The minimum absolute atomic E-state index is 0.437. The van der Waals surface area contributed by atoms with Crippen LogP contribution in [-0.4, -0.2) is 55.4 Å². The average molecular weight is 212 g/mol. The molecule has 0 aromatic carbocycles. The van der Waals surface area contributed by atoms with Gasteiger partial charge >= 0.3 is 0 Å². The molecule has 15 heavy (non-hydrogen) atoms. The number of unbranched alkanes of at least 4 members (excludes halogenated alkanes) is 1. The molecule has 0 aromatic rings. The second kappa shape index (κ2) is 6.23. The van der Waals surface area contributed by atoms with Gasteiger partial charge in [-0.1, -0.05) is 0 Å². The number of ketones is 1. The van der Waals surface area contributed by atoms with Crippen molar-refractivity contribution in [2.45, 2.75) is 38.6 Å². The Hall–Kier alpha value is -0.410. The van der Waals surface area contributed by atoms with Crippen molar-refractivity contribution in [2.75, 3.05) is 33.7 Å². The van der Waals surface area contributed by atoms with E-state index >= 15 is 0 Å². The van der Waals surface area contributed by atoms with Crippen molar-refractivity contribution in [1.82, 2.24) is 9.80 Å². The first-order chi connectivity index (χ1) is 7.09. The summed E-state index contributed by atoms with van der Waals surface area (Å²) in [5, 5.41) is 0. The highest BCUT2D eigenvalue weighted by atomic mass is 16.1. The van der Waals surface area contributed by atoms with Crippen LogP contribution in [0.15, 0.2) is 0 Å². The van der Waals surface area contributed by atoms with Gasteiger partial charge in [0.25, 0.3) is 0 Å². The highest BCUT2D eigenvalue weighted by molar-refractivity contribution is 5.79. The Morgan fingerprint density at radius 2 is 2.13 bits per heavy atom. The van der Waals surface area contributed by atoms with E-state index in [-0.39, 0.29) is 0 Å². The van der Waals surface area contributed by atoms with E-state index in [1.807, 2.05) is 0 Å². The molecule has 0 aromatic heterocycles. The van der Waals surface area contributed by atoms with Crippen molar-refractivity contribution in [1.29, 1.82) is 0 Å². The summed E-state index contributed by atoms with van der Waals surface area (Å²) in [5.41, 5.74) is 0. The maximum absolute atomic E-state index is 11.2. The summed E-state index contributed by atoms with van der Waals surface area (Å²) < 4.78 is 0. The number of carbonyl (C=O) groups excluding carboxylic acids is 1. The summed E-state index contributed by atoms with van der Waals surface area (Å²) >= 11 is 0. The van der Waals surface area contributed by atoms with Gasteiger partial charge < -0.3 is 4.90 Å². The quantitative estimate of drug-likeness (QED) is 0.643. The zero-order valence-corrected chi connectivity index (χ0v) is 10.3. The minimum Gasteiger partial charge on any atom is -0.309 e. The molecule has 1 unspecified atom stereocenters. The highest BCUT2D eigenvalue weighted by Gasteiger charge is 2.22. The van der Waals surface area contributed by atoms with E-state index in [9.17, 15) is 4.79 Å². The number of hydrogen-bond donors (Lipinski definition) is 0. The van der Waals surface area contributed by atoms with Crippen LogP contribution in [-0.2, 0) is 4.79 Å². The molecule has 1 atom stereocenters. The molecule has 0 aliphatic carbocycles. The molecule has 88 valence electrons. The largest absolute Gasteiger partial charge is 0.309 e. The van der Waals surface area contributed by atoms with E-state index in [4.69, 9.17) is 0 Å². The van der Waals surface area contributed by atoms with E-state index < -0.39 is 0 Å². The van der Waals surface area contributed by atoms with E-state index in [2.05, 4.69) is 30.8 Å². The zero-order valence-electron chi connectivity index (χ0n) is 10.3. The fraction of sp³-hybridized carbons (Fsp3) is 0.917. The van der Waals surface area contributed by atoms with E-state index in [1.54, 1.807) is 0 Å². The molecule has 1 heterocycles. The third kappa shape index (κ3) is 4.76. The van der Waals surface area contributed by atoms with Gasteiger partial charge in [0.2, 0.25) is 0 Å². The Balaban J connectivity index is 2.13. The number of hydrogen-bond acceptors (Lipinski definition) is 3. The summed E-state index contributed by atoms with van der Waals surface area (Å²) in [7, 11) is 4.23. The predicted molar refractivity (Wildman–Crippen MR) is 63.1 cm³/mol. The average Bonchev–Trinajstić information content (AvgIpc) is 2.14. The van der Waals surface area contributed by atoms with Crippen molar-refractivity contribution in [3.8, 4) is 0 Å². The highest BCUT2D eigenvalue weighted by Crippen LogP contribution is 2.14. The summed E-state index contributed by atoms with van der Waals surface area (Å²) in [6.45, 7) is 5.47. The Bertz CT molecular complexity index is 204. The van der Waals surface area contributed by atoms with Crippen LogP contribution >= 0.6 is 0 Å². The molecule has 1 fully saturated rings. The Morgan fingerprint density at radius 3 is 2.73 bits per heavy atom. The first-order valence-electron chi connectivity index (χ1n) is 6.00. The van der Waals surface area contributed by atoms with Gasteiger partial charge in [0.15, 0.2) is 0 Å². The molecule has 0 spiro atoms.